The molecule has 1 aromatic rings. The Hall–Kier alpha value is -1.14. The molecule has 4 nitrogen and oxygen atoms in total. The summed E-state index contributed by atoms with van der Waals surface area (Å²) in [6.07, 6.45) is 0. The molecule has 18 heavy (non-hydrogen) atoms. The fraction of sp³-hybridized carbons (Fsp3) is 0.417. The van der Waals surface area contributed by atoms with E-state index in [-0.39, 0.29) is 18.4 Å². The summed E-state index contributed by atoms with van der Waals surface area (Å²) in [5.41, 5.74) is 0.464. The van der Waals surface area contributed by atoms with Crippen LogP contribution in [0.2, 0.25) is 0 Å². The Balaban J connectivity index is 1.90. The standard InChI is InChI=1S/C12H14BrFN2O2/c13-10-1-2-11(14)9(7-10)8-15-12(17)16-3-5-18-6-4-16/h1-2,7H,3-6,8H2,(H,15,17). The first kappa shape index (κ1) is 13.3. The molecule has 1 aromatic carbocycles. The van der Waals surface area contributed by atoms with Crippen molar-refractivity contribution in [2.75, 3.05) is 26.3 Å². The molecule has 0 radical (unpaired) electrons. The highest BCUT2D eigenvalue weighted by atomic mass is 79.9. The van der Waals surface area contributed by atoms with Gasteiger partial charge in [-0.2, -0.15) is 0 Å². The van der Waals surface area contributed by atoms with Gasteiger partial charge >= 0.3 is 6.03 Å². The number of carbonyl (C=O) groups excluding carboxylic acids is 1. The average Bonchev–Trinajstić information content (AvgIpc) is 2.40. The minimum Gasteiger partial charge on any atom is -0.378 e. The largest absolute Gasteiger partial charge is 0.378 e. The molecular weight excluding hydrogens is 303 g/mol. The zero-order valence-corrected chi connectivity index (χ0v) is 11.4. The lowest BCUT2D eigenvalue weighted by Crippen LogP contribution is -2.45. The van der Waals surface area contributed by atoms with Crippen molar-refractivity contribution in [1.29, 1.82) is 0 Å². The summed E-state index contributed by atoms with van der Waals surface area (Å²) in [6.45, 7) is 2.44. The van der Waals surface area contributed by atoms with Crippen LogP contribution < -0.4 is 5.32 Å². The number of halogens is 2. The lowest BCUT2D eigenvalue weighted by Gasteiger charge is -2.27. The Morgan fingerprint density at radius 2 is 2.17 bits per heavy atom. The lowest BCUT2D eigenvalue weighted by molar-refractivity contribution is 0.0531. The Morgan fingerprint density at radius 1 is 1.44 bits per heavy atom. The van der Waals surface area contributed by atoms with Gasteiger partial charge in [0.05, 0.1) is 13.2 Å². The van der Waals surface area contributed by atoms with Gasteiger partial charge in [-0.05, 0) is 18.2 Å². The van der Waals surface area contributed by atoms with Crippen molar-refractivity contribution in [3.63, 3.8) is 0 Å². The first-order chi connectivity index (χ1) is 8.66. The smallest absolute Gasteiger partial charge is 0.317 e. The summed E-state index contributed by atoms with van der Waals surface area (Å²) >= 11 is 3.27. The van der Waals surface area contributed by atoms with Crippen LogP contribution in [0.4, 0.5) is 9.18 Å². The van der Waals surface area contributed by atoms with Crippen LogP contribution in [-0.4, -0.2) is 37.2 Å². The molecule has 0 aliphatic carbocycles. The van der Waals surface area contributed by atoms with Crippen molar-refractivity contribution in [3.05, 3.63) is 34.1 Å². The summed E-state index contributed by atoms with van der Waals surface area (Å²) < 4.78 is 19.4. The minimum atomic E-state index is -0.319. The highest BCUT2D eigenvalue weighted by Gasteiger charge is 2.16. The number of benzene rings is 1. The van der Waals surface area contributed by atoms with Crippen LogP contribution in [0.5, 0.6) is 0 Å². The number of amides is 2. The fourth-order valence-corrected chi connectivity index (χ4v) is 2.14. The van der Waals surface area contributed by atoms with E-state index in [2.05, 4.69) is 21.2 Å². The molecular formula is C12H14BrFN2O2. The fourth-order valence-electron chi connectivity index (χ4n) is 1.73. The van der Waals surface area contributed by atoms with Gasteiger partial charge in [-0.25, -0.2) is 9.18 Å². The Morgan fingerprint density at radius 3 is 2.89 bits per heavy atom. The van der Waals surface area contributed by atoms with E-state index in [0.29, 0.717) is 31.9 Å². The van der Waals surface area contributed by atoms with Crippen molar-refractivity contribution in [3.8, 4) is 0 Å². The molecule has 1 aliphatic heterocycles. The molecule has 0 bridgehead atoms. The van der Waals surface area contributed by atoms with Crippen LogP contribution in [0.25, 0.3) is 0 Å². The van der Waals surface area contributed by atoms with Crippen molar-refractivity contribution in [1.82, 2.24) is 10.2 Å². The molecule has 0 saturated carbocycles. The normalized spacial score (nSPS) is 15.6. The number of hydrogen-bond donors (Lipinski definition) is 1. The van der Waals surface area contributed by atoms with Crippen molar-refractivity contribution >= 4 is 22.0 Å². The third-order valence-corrected chi connectivity index (χ3v) is 3.23. The summed E-state index contributed by atoms with van der Waals surface area (Å²) in [6, 6.07) is 4.48. The van der Waals surface area contributed by atoms with Gasteiger partial charge in [0.2, 0.25) is 0 Å². The molecule has 0 atom stereocenters. The molecule has 0 spiro atoms. The summed E-state index contributed by atoms with van der Waals surface area (Å²) in [4.78, 5) is 13.5. The molecule has 2 amide bonds. The van der Waals surface area contributed by atoms with Gasteiger partial charge in [-0.3, -0.25) is 0 Å². The van der Waals surface area contributed by atoms with Gasteiger partial charge in [0.1, 0.15) is 5.82 Å². The van der Waals surface area contributed by atoms with Gasteiger partial charge in [-0.1, -0.05) is 15.9 Å². The zero-order valence-electron chi connectivity index (χ0n) is 9.79. The molecule has 0 unspecified atom stereocenters. The number of ether oxygens (including phenoxy) is 1. The summed E-state index contributed by atoms with van der Waals surface area (Å²) in [7, 11) is 0. The second-order valence-electron chi connectivity index (χ2n) is 3.99. The van der Waals surface area contributed by atoms with Gasteiger partial charge in [-0.15, -0.1) is 0 Å². The number of morpholine rings is 1. The maximum absolute atomic E-state index is 13.5. The molecule has 1 heterocycles. The quantitative estimate of drug-likeness (QED) is 0.908. The predicted octanol–water partition coefficient (Wildman–Crippen LogP) is 2.13. The highest BCUT2D eigenvalue weighted by molar-refractivity contribution is 9.10. The number of rotatable bonds is 2. The maximum atomic E-state index is 13.5. The van der Waals surface area contributed by atoms with Gasteiger partial charge in [0.15, 0.2) is 0 Å². The lowest BCUT2D eigenvalue weighted by atomic mass is 10.2. The topological polar surface area (TPSA) is 41.6 Å². The maximum Gasteiger partial charge on any atom is 0.317 e. The van der Waals surface area contributed by atoms with E-state index in [9.17, 15) is 9.18 Å². The number of carbonyl (C=O) groups is 1. The van der Waals surface area contributed by atoms with E-state index >= 15 is 0 Å². The van der Waals surface area contributed by atoms with E-state index in [1.54, 1.807) is 17.0 Å². The average molecular weight is 317 g/mol. The monoisotopic (exact) mass is 316 g/mol. The summed E-state index contributed by atoms with van der Waals surface area (Å²) in [5, 5.41) is 2.71. The summed E-state index contributed by atoms with van der Waals surface area (Å²) in [5.74, 6) is -0.319. The van der Waals surface area contributed by atoms with E-state index in [4.69, 9.17) is 4.74 Å². The van der Waals surface area contributed by atoms with Crippen LogP contribution >= 0.6 is 15.9 Å². The Labute approximate surface area is 113 Å². The van der Waals surface area contributed by atoms with Crippen molar-refractivity contribution in [2.45, 2.75) is 6.54 Å². The molecule has 1 N–H and O–H groups in total. The number of nitrogens with one attached hydrogen (secondary N) is 1. The Bertz CT molecular complexity index is 436. The first-order valence-electron chi connectivity index (χ1n) is 5.71. The number of urea groups is 1. The zero-order chi connectivity index (χ0) is 13.0. The molecule has 0 aromatic heterocycles. The third kappa shape index (κ3) is 3.43. The molecule has 1 saturated heterocycles. The molecule has 98 valence electrons. The van der Waals surface area contributed by atoms with Crippen LogP contribution in [0, 0.1) is 5.82 Å². The third-order valence-electron chi connectivity index (χ3n) is 2.74. The van der Waals surface area contributed by atoms with Crippen LogP contribution in [-0.2, 0) is 11.3 Å². The first-order valence-corrected chi connectivity index (χ1v) is 6.50. The number of hydrogen-bond acceptors (Lipinski definition) is 2. The predicted molar refractivity (Wildman–Crippen MR) is 68.7 cm³/mol. The molecule has 1 aliphatic rings. The number of nitrogens with zero attached hydrogens (tertiary/aromatic N) is 1. The van der Waals surface area contributed by atoms with E-state index in [1.165, 1.54) is 6.07 Å². The molecule has 6 heteroatoms. The van der Waals surface area contributed by atoms with Crippen molar-refractivity contribution in [2.24, 2.45) is 0 Å². The Kier molecular flexibility index (Phi) is 4.54. The van der Waals surface area contributed by atoms with E-state index < -0.39 is 0 Å². The SMILES string of the molecule is O=C(NCc1cc(Br)ccc1F)N1CCOCC1. The minimum absolute atomic E-state index is 0.182. The van der Waals surface area contributed by atoms with Crippen molar-refractivity contribution < 1.29 is 13.9 Å². The van der Waals surface area contributed by atoms with Gasteiger partial charge in [0, 0.05) is 29.7 Å². The van der Waals surface area contributed by atoms with E-state index in [1.807, 2.05) is 0 Å². The van der Waals surface area contributed by atoms with Crippen LogP contribution in [0.1, 0.15) is 5.56 Å². The molecule has 2 rings (SSSR count). The van der Waals surface area contributed by atoms with E-state index in [0.717, 1.165) is 4.47 Å². The van der Waals surface area contributed by atoms with Gasteiger partial charge in [0.25, 0.3) is 0 Å². The second-order valence-corrected chi connectivity index (χ2v) is 4.91. The van der Waals surface area contributed by atoms with Crippen LogP contribution in [0.15, 0.2) is 22.7 Å². The van der Waals surface area contributed by atoms with Crippen LogP contribution in [0.3, 0.4) is 0 Å². The highest BCUT2D eigenvalue weighted by Crippen LogP contribution is 2.15. The van der Waals surface area contributed by atoms with Gasteiger partial charge < -0.3 is 15.0 Å². The molecule has 1 fully saturated rings. The second kappa shape index (κ2) is 6.15.